The number of aromatic nitrogens is 4. The lowest BCUT2D eigenvalue weighted by molar-refractivity contribution is -0.0511. The Bertz CT molecular complexity index is 648. The zero-order valence-electron chi connectivity index (χ0n) is 12.0. The Kier molecular flexibility index (Phi) is 4.21. The summed E-state index contributed by atoms with van der Waals surface area (Å²) in [6, 6.07) is 0. The summed E-state index contributed by atoms with van der Waals surface area (Å²) in [5.41, 5.74) is 0.879. The zero-order valence-corrected chi connectivity index (χ0v) is 12.0. The highest BCUT2D eigenvalue weighted by molar-refractivity contribution is 5.76. The van der Waals surface area contributed by atoms with Crippen LogP contribution in [0.3, 0.4) is 0 Å². The number of hydrogen-bond acceptors (Lipinski definition) is 8. The fourth-order valence-corrected chi connectivity index (χ4v) is 2.43. The first-order chi connectivity index (χ1) is 10.7. The highest BCUT2D eigenvalue weighted by atomic mass is 16.6. The SMILES string of the molecule is CCCOc1ncnc2c1ncn2C1OC(CO)C(O)C1O. The predicted octanol–water partition coefficient (Wildman–Crippen LogP) is -0.773. The lowest BCUT2D eigenvalue weighted by Crippen LogP contribution is -2.33. The number of imidazole rings is 1. The van der Waals surface area contributed by atoms with Gasteiger partial charge in [-0.25, -0.2) is 9.97 Å². The molecule has 0 bridgehead atoms. The molecule has 9 heteroatoms. The van der Waals surface area contributed by atoms with Crippen molar-refractivity contribution in [2.45, 2.75) is 37.9 Å². The number of rotatable bonds is 5. The van der Waals surface area contributed by atoms with Crippen molar-refractivity contribution >= 4 is 11.2 Å². The fraction of sp³-hybridized carbons (Fsp3) is 0.615. The maximum absolute atomic E-state index is 10.1. The predicted molar refractivity (Wildman–Crippen MR) is 74.1 cm³/mol. The van der Waals surface area contributed by atoms with Crippen molar-refractivity contribution in [3.8, 4) is 5.88 Å². The summed E-state index contributed by atoms with van der Waals surface area (Å²) in [7, 11) is 0. The largest absolute Gasteiger partial charge is 0.476 e. The van der Waals surface area contributed by atoms with Gasteiger partial charge in [-0.3, -0.25) is 4.57 Å². The van der Waals surface area contributed by atoms with Crippen molar-refractivity contribution in [1.82, 2.24) is 19.5 Å². The fourth-order valence-electron chi connectivity index (χ4n) is 2.43. The summed E-state index contributed by atoms with van der Waals surface area (Å²) in [4.78, 5) is 12.4. The van der Waals surface area contributed by atoms with E-state index in [0.29, 0.717) is 23.7 Å². The van der Waals surface area contributed by atoms with Crippen LogP contribution in [0, 0.1) is 0 Å². The first-order valence-electron chi connectivity index (χ1n) is 7.10. The van der Waals surface area contributed by atoms with Crippen LogP contribution in [0.5, 0.6) is 5.88 Å². The van der Waals surface area contributed by atoms with Gasteiger partial charge in [-0.2, -0.15) is 4.98 Å². The number of aliphatic hydroxyl groups is 3. The Balaban J connectivity index is 1.95. The van der Waals surface area contributed by atoms with Crippen LogP contribution in [0.1, 0.15) is 19.6 Å². The molecule has 3 N–H and O–H groups in total. The molecule has 1 fully saturated rings. The molecule has 0 aliphatic carbocycles. The molecule has 1 saturated heterocycles. The molecule has 4 unspecified atom stereocenters. The van der Waals surface area contributed by atoms with Crippen LogP contribution < -0.4 is 4.74 Å². The van der Waals surface area contributed by atoms with Crippen molar-refractivity contribution in [2.75, 3.05) is 13.2 Å². The minimum absolute atomic E-state index is 0.359. The molecule has 1 aliphatic heterocycles. The Morgan fingerprint density at radius 2 is 2.09 bits per heavy atom. The lowest BCUT2D eigenvalue weighted by Gasteiger charge is -2.16. The minimum atomic E-state index is -1.19. The quantitative estimate of drug-likeness (QED) is 0.658. The summed E-state index contributed by atoms with van der Waals surface area (Å²) in [5, 5.41) is 29.1. The molecular weight excluding hydrogens is 292 g/mol. The van der Waals surface area contributed by atoms with Gasteiger partial charge in [0.2, 0.25) is 5.88 Å². The molecule has 120 valence electrons. The van der Waals surface area contributed by atoms with E-state index in [1.54, 1.807) is 0 Å². The van der Waals surface area contributed by atoms with Crippen molar-refractivity contribution in [3.63, 3.8) is 0 Å². The van der Waals surface area contributed by atoms with Gasteiger partial charge in [0.1, 0.15) is 24.6 Å². The third-order valence-corrected chi connectivity index (χ3v) is 3.56. The van der Waals surface area contributed by atoms with E-state index in [2.05, 4.69) is 15.0 Å². The molecule has 1 aliphatic rings. The zero-order chi connectivity index (χ0) is 15.7. The lowest BCUT2D eigenvalue weighted by atomic mass is 10.1. The monoisotopic (exact) mass is 310 g/mol. The molecule has 0 radical (unpaired) electrons. The number of aliphatic hydroxyl groups excluding tert-OH is 3. The van der Waals surface area contributed by atoms with Gasteiger partial charge in [-0.1, -0.05) is 6.92 Å². The highest BCUT2D eigenvalue weighted by Crippen LogP contribution is 2.32. The first kappa shape index (κ1) is 15.1. The van der Waals surface area contributed by atoms with Crippen LogP contribution in [-0.4, -0.2) is 66.4 Å². The molecule has 0 spiro atoms. The van der Waals surface area contributed by atoms with E-state index in [1.807, 2.05) is 6.92 Å². The van der Waals surface area contributed by atoms with Gasteiger partial charge >= 0.3 is 0 Å². The molecular formula is C13H18N4O5. The third kappa shape index (κ3) is 2.41. The molecule has 3 rings (SSSR count). The summed E-state index contributed by atoms with van der Waals surface area (Å²) in [6.45, 7) is 2.10. The van der Waals surface area contributed by atoms with E-state index in [9.17, 15) is 10.2 Å². The second-order valence-corrected chi connectivity index (χ2v) is 5.08. The topological polar surface area (TPSA) is 123 Å². The van der Waals surface area contributed by atoms with Gasteiger partial charge in [0.05, 0.1) is 19.5 Å². The van der Waals surface area contributed by atoms with Gasteiger partial charge in [0, 0.05) is 0 Å². The van der Waals surface area contributed by atoms with E-state index in [1.165, 1.54) is 17.2 Å². The van der Waals surface area contributed by atoms with Crippen LogP contribution in [-0.2, 0) is 4.74 Å². The minimum Gasteiger partial charge on any atom is -0.476 e. The van der Waals surface area contributed by atoms with Gasteiger partial charge in [-0.05, 0) is 6.42 Å². The van der Waals surface area contributed by atoms with Crippen LogP contribution in [0.4, 0.5) is 0 Å². The number of hydrogen-bond donors (Lipinski definition) is 3. The van der Waals surface area contributed by atoms with Crippen molar-refractivity contribution in [2.24, 2.45) is 0 Å². The first-order valence-corrected chi connectivity index (χ1v) is 7.10. The Morgan fingerprint density at radius 3 is 2.77 bits per heavy atom. The van der Waals surface area contributed by atoms with Gasteiger partial charge in [-0.15, -0.1) is 0 Å². The molecule has 0 saturated carbocycles. The van der Waals surface area contributed by atoms with Crippen molar-refractivity contribution < 1.29 is 24.8 Å². The summed E-state index contributed by atoms with van der Waals surface area (Å²) in [6.07, 6.45) is -0.484. The number of nitrogens with zero attached hydrogens (tertiary/aromatic N) is 4. The Morgan fingerprint density at radius 1 is 1.27 bits per heavy atom. The molecule has 9 nitrogen and oxygen atoms in total. The van der Waals surface area contributed by atoms with E-state index in [0.717, 1.165) is 6.42 Å². The van der Waals surface area contributed by atoms with E-state index in [-0.39, 0.29) is 6.61 Å². The molecule has 0 amide bonds. The summed E-state index contributed by atoms with van der Waals surface area (Å²) >= 11 is 0. The Hall–Kier alpha value is -1.81. The van der Waals surface area contributed by atoms with E-state index in [4.69, 9.17) is 14.6 Å². The summed E-state index contributed by atoms with van der Waals surface area (Å²) < 4.78 is 12.5. The van der Waals surface area contributed by atoms with Gasteiger partial charge < -0.3 is 24.8 Å². The molecule has 0 aromatic carbocycles. The number of ether oxygens (including phenoxy) is 2. The molecule has 2 aromatic heterocycles. The average molecular weight is 310 g/mol. The standard InChI is InChI=1S/C13H18N4O5/c1-2-3-21-12-8-11(14-5-15-12)17(6-16-8)13-10(20)9(19)7(4-18)22-13/h5-7,9-10,13,18-20H,2-4H2,1H3. The molecule has 3 heterocycles. The normalized spacial score (nSPS) is 28.4. The van der Waals surface area contributed by atoms with E-state index < -0.39 is 24.5 Å². The van der Waals surface area contributed by atoms with Crippen LogP contribution in [0.15, 0.2) is 12.7 Å². The average Bonchev–Trinajstić information content (AvgIpc) is 3.08. The highest BCUT2D eigenvalue weighted by Gasteiger charge is 2.44. The van der Waals surface area contributed by atoms with Crippen molar-refractivity contribution in [1.29, 1.82) is 0 Å². The molecule has 2 aromatic rings. The number of fused-ring (bicyclic) bond motifs is 1. The van der Waals surface area contributed by atoms with Crippen molar-refractivity contribution in [3.05, 3.63) is 12.7 Å². The van der Waals surface area contributed by atoms with Gasteiger partial charge in [0.25, 0.3) is 0 Å². The molecule has 4 atom stereocenters. The van der Waals surface area contributed by atoms with Crippen LogP contribution in [0.2, 0.25) is 0 Å². The summed E-state index contributed by atoms with van der Waals surface area (Å²) in [5.74, 6) is 0.359. The maximum atomic E-state index is 10.1. The van der Waals surface area contributed by atoms with Crippen LogP contribution in [0.25, 0.3) is 11.2 Å². The van der Waals surface area contributed by atoms with E-state index >= 15 is 0 Å². The third-order valence-electron chi connectivity index (χ3n) is 3.56. The maximum Gasteiger partial charge on any atom is 0.245 e. The van der Waals surface area contributed by atoms with Gasteiger partial charge in [0.15, 0.2) is 17.4 Å². The van der Waals surface area contributed by atoms with Crippen LogP contribution >= 0.6 is 0 Å². The molecule has 22 heavy (non-hydrogen) atoms. The second kappa shape index (κ2) is 6.13. The second-order valence-electron chi connectivity index (χ2n) is 5.08. The smallest absolute Gasteiger partial charge is 0.245 e. The Labute approximate surface area is 126 Å².